The van der Waals surface area contributed by atoms with Crippen LogP contribution in [0.15, 0.2) is 42.5 Å². The third-order valence-corrected chi connectivity index (χ3v) is 3.72. The van der Waals surface area contributed by atoms with Gasteiger partial charge in [-0.3, -0.25) is 14.9 Å². The number of aryl methyl sites for hydroxylation is 2. The molecule has 0 spiro atoms. The number of rotatable bonds is 6. The monoisotopic (exact) mass is 328 g/mol. The average Bonchev–Trinajstić information content (AvgIpc) is 2.57. The van der Waals surface area contributed by atoms with E-state index in [0.717, 1.165) is 17.5 Å². The predicted molar refractivity (Wildman–Crippen MR) is 92.4 cm³/mol. The maximum atomic E-state index is 12.3. The van der Waals surface area contributed by atoms with Crippen LogP contribution >= 0.6 is 0 Å². The quantitative estimate of drug-likeness (QED) is 0.644. The van der Waals surface area contributed by atoms with Crippen molar-refractivity contribution < 1.29 is 14.5 Å². The van der Waals surface area contributed by atoms with Gasteiger partial charge in [-0.15, -0.1) is 0 Å². The number of benzene rings is 2. The molecule has 0 radical (unpaired) electrons. The molecule has 0 unspecified atom stereocenters. The fourth-order valence-electron chi connectivity index (χ4n) is 2.25. The predicted octanol–water partition coefficient (Wildman–Crippen LogP) is 3.87. The lowest BCUT2D eigenvalue weighted by Gasteiger charge is -2.17. The Hall–Kier alpha value is -2.89. The molecule has 1 atom stereocenters. The molecule has 0 bridgehead atoms. The van der Waals surface area contributed by atoms with Crippen LogP contribution in [0.3, 0.4) is 0 Å². The number of nitrogens with one attached hydrogen (secondary N) is 1. The lowest BCUT2D eigenvalue weighted by atomic mass is 10.1. The van der Waals surface area contributed by atoms with Crippen LogP contribution in [0.4, 0.5) is 11.4 Å². The molecule has 1 amide bonds. The number of anilines is 1. The summed E-state index contributed by atoms with van der Waals surface area (Å²) in [6.45, 7) is 5.44. The van der Waals surface area contributed by atoms with Crippen LogP contribution in [0.25, 0.3) is 0 Å². The van der Waals surface area contributed by atoms with Gasteiger partial charge in [0.25, 0.3) is 11.6 Å². The second-order valence-electron chi connectivity index (χ2n) is 5.47. The van der Waals surface area contributed by atoms with Gasteiger partial charge in [-0.2, -0.15) is 0 Å². The highest BCUT2D eigenvalue weighted by molar-refractivity contribution is 5.95. The fraction of sp³-hybridized carbons (Fsp3) is 0.278. The lowest BCUT2D eigenvalue weighted by Crippen LogP contribution is -2.30. The first-order valence-corrected chi connectivity index (χ1v) is 7.72. The Balaban J connectivity index is 2.12. The number of nitro groups is 1. The van der Waals surface area contributed by atoms with Gasteiger partial charge in [-0.25, -0.2) is 0 Å². The zero-order valence-corrected chi connectivity index (χ0v) is 13.9. The van der Waals surface area contributed by atoms with Crippen molar-refractivity contribution in [3.63, 3.8) is 0 Å². The van der Waals surface area contributed by atoms with Crippen molar-refractivity contribution in [3.05, 3.63) is 63.7 Å². The zero-order valence-electron chi connectivity index (χ0n) is 13.9. The van der Waals surface area contributed by atoms with Crippen molar-refractivity contribution in [1.29, 1.82) is 0 Å². The van der Waals surface area contributed by atoms with E-state index >= 15 is 0 Å². The molecular formula is C18H20N2O4. The van der Waals surface area contributed by atoms with Crippen LogP contribution in [-0.2, 0) is 11.2 Å². The third kappa shape index (κ3) is 4.10. The molecule has 0 saturated carbocycles. The van der Waals surface area contributed by atoms with Crippen molar-refractivity contribution in [2.75, 3.05) is 5.32 Å². The van der Waals surface area contributed by atoms with Crippen molar-refractivity contribution in [2.45, 2.75) is 33.3 Å². The maximum absolute atomic E-state index is 12.3. The van der Waals surface area contributed by atoms with Crippen LogP contribution in [0.5, 0.6) is 5.75 Å². The Morgan fingerprint density at radius 3 is 2.67 bits per heavy atom. The molecule has 126 valence electrons. The maximum Gasteiger partial charge on any atom is 0.271 e. The summed E-state index contributed by atoms with van der Waals surface area (Å²) in [7, 11) is 0. The minimum absolute atomic E-state index is 0.0687. The number of carbonyl (C=O) groups is 1. The Morgan fingerprint density at radius 1 is 1.29 bits per heavy atom. The number of nitro benzene ring substituents is 1. The highest BCUT2D eigenvalue weighted by Crippen LogP contribution is 2.23. The highest BCUT2D eigenvalue weighted by atomic mass is 16.6. The Morgan fingerprint density at radius 2 is 2.00 bits per heavy atom. The van der Waals surface area contributed by atoms with Gasteiger partial charge in [0.05, 0.1) is 10.6 Å². The van der Waals surface area contributed by atoms with E-state index in [0.29, 0.717) is 11.4 Å². The lowest BCUT2D eigenvalue weighted by molar-refractivity contribution is -0.384. The van der Waals surface area contributed by atoms with Gasteiger partial charge in [0, 0.05) is 12.1 Å². The zero-order chi connectivity index (χ0) is 17.7. The van der Waals surface area contributed by atoms with Gasteiger partial charge in [-0.05, 0) is 37.5 Å². The minimum Gasteiger partial charge on any atom is -0.481 e. The van der Waals surface area contributed by atoms with Gasteiger partial charge in [0.2, 0.25) is 0 Å². The Bertz CT molecular complexity index is 758. The summed E-state index contributed by atoms with van der Waals surface area (Å²) in [6.07, 6.45) is 0.0745. The normalized spacial score (nSPS) is 11.6. The second kappa shape index (κ2) is 7.59. The molecule has 2 rings (SSSR count). The van der Waals surface area contributed by atoms with Gasteiger partial charge < -0.3 is 10.1 Å². The number of amides is 1. The summed E-state index contributed by atoms with van der Waals surface area (Å²) in [5.41, 5.74) is 2.10. The van der Waals surface area contributed by atoms with Gasteiger partial charge in [-0.1, -0.05) is 31.2 Å². The summed E-state index contributed by atoms with van der Waals surface area (Å²) in [6, 6.07) is 11.9. The molecule has 0 fully saturated rings. The first kappa shape index (κ1) is 17.5. The molecule has 6 heteroatoms. The van der Waals surface area contributed by atoms with Crippen LogP contribution < -0.4 is 10.1 Å². The van der Waals surface area contributed by atoms with E-state index in [1.54, 1.807) is 19.9 Å². The molecule has 0 aliphatic heterocycles. The number of ether oxygens (including phenoxy) is 1. The van der Waals surface area contributed by atoms with Crippen LogP contribution in [-0.4, -0.2) is 16.9 Å². The summed E-state index contributed by atoms with van der Waals surface area (Å²) in [4.78, 5) is 22.7. The first-order chi connectivity index (χ1) is 11.4. The van der Waals surface area contributed by atoms with E-state index in [4.69, 9.17) is 4.74 Å². The topological polar surface area (TPSA) is 81.5 Å². The summed E-state index contributed by atoms with van der Waals surface area (Å²) >= 11 is 0. The molecule has 0 aliphatic carbocycles. The van der Waals surface area contributed by atoms with Crippen LogP contribution in [0.2, 0.25) is 0 Å². The fourth-order valence-corrected chi connectivity index (χ4v) is 2.25. The van der Waals surface area contributed by atoms with Gasteiger partial charge in [0.15, 0.2) is 6.10 Å². The van der Waals surface area contributed by atoms with E-state index in [9.17, 15) is 14.9 Å². The highest BCUT2D eigenvalue weighted by Gasteiger charge is 2.18. The SMILES string of the molecule is CCc1ccccc1O[C@@H](C)C(=O)Nc1cc([N+](=O)[O-])ccc1C. The minimum atomic E-state index is -0.726. The molecule has 24 heavy (non-hydrogen) atoms. The molecule has 0 aliphatic rings. The molecule has 0 saturated heterocycles. The largest absolute Gasteiger partial charge is 0.481 e. The summed E-state index contributed by atoms with van der Waals surface area (Å²) in [5, 5.41) is 13.6. The Labute approximate surface area is 140 Å². The van der Waals surface area contributed by atoms with E-state index in [-0.39, 0.29) is 11.6 Å². The molecular weight excluding hydrogens is 308 g/mol. The number of hydrogen-bond donors (Lipinski definition) is 1. The number of para-hydroxylation sites is 1. The summed E-state index contributed by atoms with van der Waals surface area (Å²) < 4.78 is 5.74. The number of hydrogen-bond acceptors (Lipinski definition) is 4. The average molecular weight is 328 g/mol. The first-order valence-electron chi connectivity index (χ1n) is 7.72. The van der Waals surface area contributed by atoms with E-state index in [1.807, 2.05) is 31.2 Å². The molecule has 2 aromatic carbocycles. The third-order valence-electron chi connectivity index (χ3n) is 3.72. The molecule has 0 aromatic heterocycles. The molecule has 0 heterocycles. The summed E-state index contributed by atoms with van der Waals surface area (Å²) in [5.74, 6) is 0.308. The molecule has 1 N–H and O–H groups in total. The van der Waals surface area contributed by atoms with Crippen molar-refractivity contribution in [1.82, 2.24) is 0 Å². The number of non-ortho nitro benzene ring substituents is 1. The number of carbonyl (C=O) groups excluding carboxylic acids is 1. The van der Waals surface area contributed by atoms with Crippen LogP contribution in [0, 0.1) is 17.0 Å². The second-order valence-corrected chi connectivity index (χ2v) is 5.47. The van der Waals surface area contributed by atoms with Crippen LogP contribution in [0.1, 0.15) is 25.0 Å². The van der Waals surface area contributed by atoms with Crippen molar-refractivity contribution in [3.8, 4) is 5.75 Å². The smallest absolute Gasteiger partial charge is 0.271 e. The molecule has 6 nitrogen and oxygen atoms in total. The number of nitrogens with zero attached hydrogens (tertiary/aromatic N) is 1. The standard InChI is InChI=1S/C18H20N2O4/c1-4-14-7-5-6-8-17(14)24-13(3)18(21)19-16-11-15(20(22)23)10-9-12(16)2/h5-11,13H,4H2,1-3H3,(H,19,21)/t13-/m0/s1. The van der Waals surface area contributed by atoms with E-state index in [1.165, 1.54) is 12.1 Å². The van der Waals surface area contributed by atoms with Gasteiger partial charge >= 0.3 is 0 Å². The van der Waals surface area contributed by atoms with Crippen molar-refractivity contribution >= 4 is 17.3 Å². The molecule has 2 aromatic rings. The van der Waals surface area contributed by atoms with E-state index < -0.39 is 11.0 Å². The van der Waals surface area contributed by atoms with E-state index in [2.05, 4.69) is 5.32 Å². The Kier molecular flexibility index (Phi) is 5.52. The van der Waals surface area contributed by atoms with Crippen molar-refractivity contribution in [2.24, 2.45) is 0 Å². The van der Waals surface area contributed by atoms with Gasteiger partial charge in [0.1, 0.15) is 5.75 Å².